The molecule has 2 aliphatic rings. The zero-order valence-electron chi connectivity index (χ0n) is 12.2. The Morgan fingerprint density at radius 3 is 2.91 bits per heavy atom. The second-order valence-corrected chi connectivity index (χ2v) is 5.88. The van der Waals surface area contributed by atoms with E-state index < -0.39 is 0 Å². The summed E-state index contributed by atoms with van der Waals surface area (Å²) in [6.45, 7) is 0. The minimum Gasteiger partial charge on any atom is -0.399 e. The van der Waals surface area contributed by atoms with Crippen LogP contribution in [0.5, 0.6) is 0 Å². The monoisotopic (exact) mass is 291 g/mol. The molecule has 0 saturated carbocycles. The SMILES string of the molecule is NC1=CCC(n2cc3c(n2)-c2cc(C=O)ccc2CC3)C=C1. The lowest BCUT2D eigenvalue weighted by atomic mass is 9.89. The van der Waals surface area contributed by atoms with E-state index in [0.717, 1.165) is 42.5 Å². The molecule has 110 valence electrons. The molecule has 1 atom stereocenters. The molecule has 1 aromatic heterocycles. The number of nitrogens with two attached hydrogens (primary N) is 1. The lowest BCUT2D eigenvalue weighted by Crippen LogP contribution is -2.10. The molecule has 1 heterocycles. The van der Waals surface area contributed by atoms with Crippen LogP contribution in [0.3, 0.4) is 0 Å². The molecule has 0 spiro atoms. The summed E-state index contributed by atoms with van der Waals surface area (Å²) in [5.41, 5.74) is 11.9. The Morgan fingerprint density at radius 1 is 1.27 bits per heavy atom. The molecule has 4 rings (SSSR count). The van der Waals surface area contributed by atoms with Crippen LogP contribution in [0.2, 0.25) is 0 Å². The fraction of sp³-hybridized carbons (Fsp3) is 0.222. The second-order valence-electron chi connectivity index (χ2n) is 5.88. The molecule has 22 heavy (non-hydrogen) atoms. The number of nitrogens with zero attached hydrogens (tertiary/aromatic N) is 2. The molecule has 2 N–H and O–H groups in total. The average molecular weight is 291 g/mol. The normalized spacial score (nSPS) is 19.3. The van der Waals surface area contributed by atoms with Crippen molar-refractivity contribution in [3.8, 4) is 11.3 Å². The van der Waals surface area contributed by atoms with Crippen molar-refractivity contribution in [3.05, 3.63) is 65.0 Å². The van der Waals surface area contributed by atoms with Crippen LogP contribution < -0.4 is 5.73 Å². The minimum absolute atomic E-state index is 0.218. The summed E-state index contributed by atoms with van der Waals surface area (Å²) in [5, 5.41) is 4.80. The number of aromatic nitrogens is 2. The third-order valence-corrected chi connectivity index (χ3v) is 4.44. The molecule has 0 aliphatic heterocycles. The molecule has 2 aromatic rings. The zero-order valence-corrected chi connectivity index (χ0v) is 12.2. The van der Waals surface area contributed by atoms with Gasteiger partial charge in [0.15, 0.2) is 0 Å². The van der Waals surface area contributed by atoms with E-state index in [1.807, 2.05) is 35.0 Å². The van der Waals surface area contributed by atoms with Gasteiger partial charge in [-0.1, -0.05) is 24.3 Å². The highest BCUT2D eigenvalue weighted by molar-refractivity contribution is 5.80. The van der Waals surface area contributed by atoms with E-state index in [-0.39, 0.29) is 6.04 Å². The van der Waals surface area contributed by atoms with Gasteiger partial charge in [0.2, 0.25) is 0 Å². The van der Waals surface area contributed by atoms with Gasteiger partial charge in [0, 0.05) is 23.0 Å². The standard InChI is InChI=1S/C18H17N3O/c19-15-5-7-16(8-6-15)21-10-14-4-3-13-2-1-12(11-22)9-17(13)18(14)20-21/h1-2,5-7,9-11,16H,3-4,8,19H2. The summed E-state index contributed by atoms with van der Waals surface area (Å²) >= 11 is 0. The second kappa shape index (κ2) is 4.98. The molecule has 0 fully saturated rings. The van der Waals surface area contributed by atoms with Crippen molar-refractivity contribution in [1.29, 1.82) is 0 Å². The van der Waals surface area contributed by atoms with Gasteiger partial charge in [-0.2, -0.15) is 5.10 Å². The Morgan fingerprint density at radius 2 is 2.14 bits per heavy atom. The predicted molar refractivity (Wildman–Crippen MR) is 85.5 cm³/mol. The maximum atomic E-state index is 11.0. The Labute approximate surface area is 128 Å². The third kappa shape index (κ3) is 2.08. The van der Waals surface area contributed by atoms with Crippen LogP contribution in [0.15, 0.2) is 48.3 Å². The topological polar surface area (TPSA) is 60.9 Å². The van der Waals surface area contributed by atoms with Crippen LogP contribution in [0.1, 0.15) is 33.9 Å². The van der Waals surface area contributed by atoms with Crippen LogP contribution in [-0.4, -0.2) is 16.1 Å². The highest BCUT2D eigenvalue weighted by Gasteiger charge is 2.22. The highest BCUT2D eigenvalue weighted by Crippen LogP contribution is 2.34. The van der Waals surface area contributed by atoms with Crippen molar-refractivity contribution in [2.24, 2.45) is 5.73 Å². The fourth-order valence-electron chi connectivity index (χ4n) is 3.21. The first-order valence-electron chi connectivity index (χ1n) is 7.55. The Bertz CT molecular complexity index is 814. The quantitative estimate of drug-likeness (QED) is 0.865. The first-order valence-corrected chi connectivity index (χ1v) is 7.55. The number of aldehydes is 1. The van der Waals surface area contributed by atoms with Crippen LogP contribution in [0, 0.1) is 0 Å². The van der Waals surface area contributed by atoms with E-state index in [9.17, 15) is 4.79 Å². The largest absolute Gasteiger partial charge is 0.399 e. The summed E-state index contributed by atoms with van der Waals surface area (Å²) in [6, 6.07) is 6.10. The average Bonchev–Trinajstić information content (AvgIpc) is 2.99. The smallest absolute Gasteiger partial charge is 0.150 e. The Kier molecular flexibility index (Phi) is 2.96. The summed E-state index contributed by atoms with van der Waals surface area (Å²) in [7, 11) is 0. The number of benzene rings is 1. The molecule has 0 amide bonds. The molecule has 4 heteroatoms. The van der Waals surface area contributed by atoms with Crippen LogP contribution in [0.25, 0.3) is 11.3 Å². The molecule has 1 aromatic carbocycles. The summed E-state index contributed by atoms with van der Waals surface area (Å²) < 4.78 is 2.02. The van der Waals surface area contributed by atoms with Gasteiger partial charge in [-0.05, 0) is 42.5 Å². The molecule has 4 nitrogen and oxygen atoms in total. The fourth-order valence-corrected chi connectivity index (χ4v) is 3.21. The summed E-state index contributed by atoms with van der Waals surface area (Å²) in [6.07, 6.45) is 12.0. The Hall–Kier alpha value is -2.62. The number of carbonyl (C=O) groups is 1. The van der Waals surface area contributed by atoms with Gasteiger partial charge in [0.25, 0.3) is 0 Å². The van der Waals surface area contributed by atoms with Gasteiger partial charge < -0.3 is 5.73 Å². The van der Waals surface area contributed by atoms with Crippen LogP contribution in [0.4, 0.5) is 0 Å². The molecular formula is C18H17N3O. The number of fused-ring (bicyclic) bond motifs is 3. The lowest BCUT2D eigenvalue weighted by Gasteiger charge is -2.15. The number of carbonyl (C=O) groups excluding carboxylic acids is 1. The van der Waals surface area contributed by atoms with E-state index in [1.54, 1.807) is 0 Å². The van der Waals surface area contributed by atoms with Crippen molar-refractivity contribution in [2.75, 3.05) is 0 Å². The Balaban J connectivity index is 1.75. The predicted octanol–water partition coefficient (Wildman–Crippen LogP) is 2.80. The van der Waals surface area contributed by atoms with Gasteiger partial charge in [-0.15, -0.1) is 0 Å². The molecule has 0 bridgehead atoms. The van der Waals surface area contributed by atoms with E-state index in [1.165, 1.54) is 11.1 Å². The highest BCUT2D eigenvalue weighted by atomic mass is 16.1. The van der Waals surface area contributed by atoms with Crippen LogP contribution >= 0.6 is 0 Å². The van der Waals surface area contributed by atoms with E-state index in [2.05, 4.69) is 12.3 Å². The number of rotatable bonds is 2. The van der Waals surface area contributed by atoms with Crippen molar-refractivity contribution in [3.63, 3.8) is 0 Å². The van der Waals surface area contributed by atoms with Crippen LogP contribution in [-0.2, 0) is 12.8 Å². The number of allylic oxidation sites excluding steroid dienone is 3. The van der Waals surface area contributed by atoms with E-state index in [4.69, 9.17) is 10.8 Å². The molecule has 1 unspecified atom stereocenters. The van der Waals surface area contributed by atoms with Crippen molar-refractivity contribution in [1.82, 2.24) is 9.78 Å². The van der Waals surface area contributed by atoms with E-state index in [0.29, 0.717) is 5.56 Å². The zero-order chi connectivity index (χ0) is 15.1. The minimum atomic E-state index is 0.218. The lowest BCUT2D eigenvalue weighted by molar-refractivity contribution is 0.112. The van der Waals surface area contributed by atoms with Gasteiger partial charge in [0.05, 0.1) is 11.7 Å². The first-order chi connectivity index (χ1) is 10.7. The van der Waals surface area contributed by atoms with Crippen molar-refractivity contribution >= 4 is 6.29 Å². The summed E-state index contributed by atoms with van der Waals surface area (Å²) in [4.78, 5) is 11.0. The molecule has 2 aliphatic carbocycles. The van der Waals surface area contributed by atoms with Crippen molar-refractivity contribution < 1.29 is 4.79 Å². The molecule has 0 radical (unpaired) electrons. The van der Waals surface area contributed by atoms with Gasteiger partial charge in [-0.25, -0.2) is 0 Å². The number of hydrogen-bond donors (Lipinski definition) is 1. The van der Waals surface area contributed by atoms with Crippen molar-refractivity contribution in [2.45, 2.75) is 25.3 Å². The third-order valence-electron chi connectivity index (χ3n) is 4.44. The maximum absolute atomic E-state index is 11.0. The van der Waals surface area contributed by atoms with E-state index >= 15 is 0 Å². The van der Waals surface area contributed by atoms with Gasteiger partial charge in [-0.3, -0.25) is 9.48 Å². The van der Waals surface area contributed by atoms with Gasteiger partial charge >= 0.3 is 0 Å². The summed E-state index contributed by atoms with van der Waals surface area (Å²) in [5.74, 6) is 0. The maximum Gasteiger partial charge on any atom is 0.150 e. The molecular weight excluding hydrogens is 274 g/mol. The van der Waals surface area contributed by atoms with Gasteiger partial charge in [0.1, 0.15) is 6.29 Å². The first kappa shape index (κ1) is 13.1. The number of hydrogen-bond acceptors (Lipinski definition) is 3. The molecule has 0 saturated heterocycles. The number of aryl methyl sites for hydroxylation is 2.